The molecule has 2 aromatic carbocycles. The van der Waals surface area contributed by atoms with E-state index < -0.39 is 11.7 Å². The number of amides is 1. The number of hydrogen-bond donors (Lipinski definition) is 2. The molecule has 2 N–H and O–H groups in total. The number of aromatic nitrogens is 2. The standard InChI is InChI=1S/C20H19FN4O2/c1-27-17-8-3-2-5-14(17)11-12-22-18-9-10-19(25-24-18)23-20(26)15-6-4-7-16(21)13-15/h2-10,13H,11-12H2,1H3,(H,22,24)(H,23,25,26). The van der Waals surface area contributed by atoms with Crippen molar-refractivity contribution in [2.45, 2.75) is 6.42 Å². The molecule has 3 rings (SSSR count). The van der Waals surface area contributed by atoms with Crippen LogP contribution in [0, 0.1) is 5.82 Å². The van der Waals surface area contributed by atoms with E-state index in [4.69, 9.17) is 4.74 Å². The Hall–Kier alpha value is -3.48. The Morgan fingerprint density at radius 3 is 2.56 bits per heavy atom. The van der Waals surface area contributed by atoms with Crippen LogP contribution in [0.3, 0.4) is 0 Å². The number of para-hydroxylation sites is 1. The number of hydrogen-bond acceptors (Lipinski definition) is 5. The van der Waals surface area contributed by atoms with E-state index in [1.165, 1.54) is 18.2 Å². The summed E-state index contributed by atoms with van der Waals surface area (Å²) in [6.45, 7) is 0.657. The number of ether oxygens (including phenoxy) is 1. The molecular formula is C20H19FN4O2. The molecule has 0 fully saturated rings. The third kappa shape index (κ3) is 5.01. The van der Waals surface area contributed by atoms with E-state index in [-0.39, 0.29) is 5.56 Å². The molecule has 1 heterocycles. The van der Waals surface area contributed by atoms with Crippen LogP contribution in [0.5, 0.6) is 5.75 Å². The van der Waals surface area contributed by atoms with Crippen molar-refractivity contribution >= 4 is 17.5 Å². The van der Waals surface area contributed by atoms with Gasteiger partial charge in [-0.05, 0) is 48.4 Å². The van der Waals surface area contributed by atoms with Gasteiger partial charge in [-0.25, -0.2) is 4.39 Å². The van der Waals surface area contributed by atoms with Crippen molar-refractivity contribution in [2.75, 3.05) is 24.3 Å². The largest absolute Gasteiger partial charge is 0.496 e. The molecule has 0 unspecified atom stereocenters. The highest BCUT2D eigenvalue weighted by molar-refractivity contribution is 6.03. The number of nitrogens with zero attached hydrogens (tertiary/aromatic N) is 2. The van der Waals surface area contributed by atoms with Gasteiger partial charge < -0.3 is 15.4 Å². The fourth-order valence-electron chi connectivity index (χ4n) is 2.55. The third-order valence-electron chi connectivity index (χ3n) is 3.89. The number of anilines is 2. The Morgan fingerprint density at radius 1 is 1.04 bits per heavy atom. The molecule has 0 aliphatic rings. The second kappa shape index (κ2) is 8.75. The average molecular weight is 366 g/mol. The molecule has 0 saturated carbocycles. The summed E-state index contributed by atoms with van der Waals surface area (Å²) in [5.74, 6) is 0.818. The second-order valence-electron chi connectivity index (χ2n) is 5.76. The molecule has 0 spiro atoms. The molecule has 0 radical (unpaired) electrons. The minimum Gasteiger partial charge on any atom is -0.496 e. The number of halogens is 1. The Bertz CT molecular complexity index is 916. The zero-order valence-corrected chi connectivity index (χ0v) is 14.8. The predicted octanol–water partition coefficient (Wildman–Crippen LogP) is 3.53. The fourth-order valence-corrected chi connectivity index (χ4v) is 2.55. The lowest BCUT2D eigenvalue weighted by Gasteiger charge is -2.09. The van der Waals surface area contributed by atoms with Gasteiger partial charge in [0.15, 0.2) is 5.82 Å². The minimum absolute atomic E-state index is 0.218. The van der Waals surface area contributed by atoms with E-state index in [0.29, 0.717) is 18.2 Å². The molecule has 27 heavy (non-hydrogen) atoms. The summed E-state index contributed by atoms with van der Waals surface area (Å²) in [5, 5.41) is 13.8. The highest BCUT2D eigenvalue weighted by Crippen LogP contribution is 2.18. The first kappa shape index (κ1) is 18.3. The van der Waals surface area contributed by atoms with Crippen LogP contribution in [0.25, 0.3) is 0 Å². The first-order valence-electron chi connectivity index (χ1n) is 8.42. The lowest BCUT2D eigenvalue weighted by molar-refractivity contribution is 0.102. The maximum Gasteiger partial charge on any atom is 0.256 e. The smallest absolute Gasteiger partial charge is 0.256 e. The average Bonchev–Trinajstić information content (AvgIpc) is 2.69. The number of nitrogens with one attached hydrogen (secondary N) is 2. The summed E-state index contributed by atoms with van der Waals surface area (Å²) in [6, 6.07) is 16.6. The van der Waals surface area contributed by atoms with E-state index in [9.17, 15) is 9.18 Å². The van der Waals surface area contributed by atoms with Crippen LogP contribution in [0.1, 0.15) is 15.9 Å². The van der Waals surface area contributed by atoms with Gasteiger partial charge >= 0.3 is 0 Å². The van der Waals surface area contributed by atoms with Crippen molar-refractivity contribution in [1.82, 2.24) is 10.2 Å². The van der Waals surface area contributed by atoms with Gasteiger partial charge in [-0.2, -0.15) is 0 Å². The topological polar surface area (TPSA) is 76.1 Å². The number of rotatable bonds is 7. The zero-order valence-electron chi connectivity index (χ0n) is 14.8. The van der Waals surface area contributed by atoms with Gasteiger partial charge in [0.25, 0.3) is 5.91 Å². The minimum atomic E-state index is -0.469. The highest BCUT2D eigenvalue weighted by Gasteiger charge is 2.08. The maximum atomic E-state index is 13.2. The molecule has 138 valence electrons. The quantitative estimate of drug-likeness (QED) is 0.669. The first-order valence-corrected chi connectivity index (χ1v) is 8.42. The maximum absolute atomic E-state index is 13.2. The number of carbonyl (C=O) groups is 1. The summed E-state index contributed by atoms with van der Waals surface area (Å²) in [5.41, 5.74) is 1.32. The molecule has 1 amide bonds. The van der Waals surface area contributed by atoms with E-state index in [1.807, 2.05) is 24.3 Å². The van der Waals surface area contributed by atoms with E-state index >= 15 is 0 Å². The lowest BCUT2D eigenvalue weighted by Crippen LogP contribution is -2.14. The van der Waals surface area contributed by atoms with E-state index in [1.54, 1.807) is 19.2 Å². The van der Waals surface area contributed by atoms with Gasteiger partial charge in [0.2, 0.25) is 0 Å². The van der Waals surface area contributed by atoms with Crippen LogP contribution in [0.2, 0.25) is 0 Å². The summed E-state index contributed by atoms with van der Waals surface area (Å²) in [6.07, 6.45) is 0.768. The van der Waals surface area contributed by atoms with Crippen molar-refractivity contribution in [1.29, 1.82) is 0 Å². The molecule has 0 atom stereocenters. The van der Waals surface area contributed by atoms with Gasteiger partial charge in [0, 0.05) is 12.1 Å². The molecule has 0 aliphatic carbocycles. The summed E-state index contributed by atoms with van der Waals surface area (Å²) >= 11 is 0. The lowest BCUT2D eigenvalue weighted by atomic mass is 10.1. The van der Waals surface area contributed by atoms with Gasteiger partial charge in [-0.3, -0.25) is 4.79 Å². The fraction of sp³-hybridized carbons (Fsp3) is 0.150. The molecule has 0 bridgehead atoms. The molecule has 0 saturated heterocycles. The van der Waals surface area contributed by atoms with Crippen molar-refractivity contribution in [2.24, 2.45) is 0 Å². The molecule has 3 aromatic rings. The zero-order chi connectivity index (χ0) is 19.1. The Balaban J connectivity index is 1.53. The Labute approximate surface area is 156 Å². The Kier molecular flexibility index (Phi) is 5.94. The van der Waals surface area contributed by atoms with Crippen LogP contribution in [0.15, 0.2) is 60.7 Å². The van der Waals surface area contributed by atoms with E-state index in [2.05, 4.69) is 20.8 Å². The normalized spacial score (nSPS) is 10.3. The van der Waals surface area contributed by atoms with E-state index in [0.717, 1.165) is 23.8 Å². The SMILES string of the molecule is COc1ccccc1CCNc1ccc(NC(=O)c2cccc(F)c2)nn1. The Morgan fingerprint density at radius 2 is 1.81 bits per heavy atom. The van der Waals surface area contributed by atoms with Gasteiger partial charge in [-0.1, -0.05) is 24.3 Å². The summed E-state index contributed by atoms with van der Waals surface area (Å²) in [7, 11) is 1.65. The van der Waals surface area contributed by atoms with Crippen LogP contribution < -0.4 is 15.4 Å². The van der Waals surface area contributed by atoms with Crippen LogP contribution >= 0.6 is 0 Å². The number of benzene rings is 2. The molecule has 7 heteroatoms. The molecule has 1 aromatic heterocycles. The van der Waals surface area contributed by atoms with Crippen molar-refractivity contribution in [3.63, 3.8) is 0 Å². The molecule has 6 nitrogen and oxygen atoms in total. The van der Waals surface area contributed by atoms with Crippen molar-refractivity contribution in [3.05, 3.63) is 77.6 Å². The van der Waals surface area contributed by atoms with Gasteiger partial charge in [0.1, 0.15) is 17.4 Å². The summed E-state index contributed by atoms with van der Waals surface area (Å²) in [4.78, 5) is 12.1. The van der Waals surface area contributed by atoms with Gasteiger partial charge in [-0.15, -0.1) is 10.2 Å². The third-order valence-corrected chi connectivity index (χ3v) is 3.89. The molecular weight excluding hydrogens is 347 g/mol. The highest BCUT2D eigenvalue weighted by atomic mass is 19.1. The van der Waals surface area contributed by atoms with Crippen molar-refractivity contribution < 1.29 is 13.9 Å². The monoisotopic (exact) mass is 366 g/mol. The van der Waals surface area contributed by atoms with Crippen LogP contribution in [-0.2, 0) is 6.42 Å². The van der Waals surface area contributed by atoms with Gasteiger partial charge in [0.05, 0.1) is 7.11 Å². The molecule has 0 aliphatic heterocycles. The predicted molar refractivity (Wildman–Crippen MR) is 102 cm³/mol. The number of methoxy groups -OCH3 is 1. The summed E-state index contributed by atoms with van der Waals surface area (Å²) < 4.78 is 18.5. The second-order valence-corrected chi connectivity index (χ2v) is 5.76. The first-order chi connectivity index (χ1) is 13.2. The van der Waals surface area contributed by atoms with Crippen LogP contribution in [0.4, 0.5) is 16.0 Å². The van der Waals surface area contributed by atoms with Crippen LogP contribution in [-0.4, -0.2) is 29.8 Å². The number of carbonyl (C=O) groups excluding carboxylic acids is 1. The van der Waals surface area contributed by atoms with Crippen molar-refractivity contribution in [3.8, 4) is 5.75 Å².